The molecule has 3 N–H and O–H groups in total. The quantitative estimate of drug-likeness (QED) is 0.878. The summed E-state index contributed by atoms with van der Waals surface area (Å²) in [7, 11) is 0. The normalized spacial score (nSPS) is 12.4. The van der Waals surface area contributed by atoms with Crippen molar-refractivity contribution in [2.24, 2.45) is 5.73 Å². The summed E-state index contributed by atoms with van der Waals surface area (Å²) in [6, 6.07) is 4.26. The van der Waals surface area contributed by atoms with E-state index in [4.69, 9.17) is 22.4 Å². The highest BCUT2D eigenvalue weighted by Crippen LogP contribution is 2.24. The van der Waals surface area contributed by atoms with Crippen LogP contribution in [0.4, 0.5) is 0 Å². The zero-order valence-electron chi connectivity index (χ0n) is 9.62. The predicted molar refractivity (Wildman–Crippen MR) is 73.4 cm³/mol. The number of aromatic nitrogens is 3. The van der Waals surface area contributed by atoms with E-state index < -0.39 is 12.0 Å². The summed E-state index contributed by atoms with van der Waals surface area (Å²) in [5.41, 5.74) is 6.71. The lowest BCUT2D eigenvalue weighted by atomic mass is 10.2. The topological polar surface area (TPSA) is 94.0 Å². The maximum Gasteiger partial charge on any atom is 0.320 e. The van der Waals surface area contributed by atoms with Crippen molar-refractivity contribution in [3.8, 4) is 5.69 Å². The standard InChI is InChI=1S/C11H10BrClN4O2/c12-8-3-6(13)1-2-10(8)17-5-7(15-16-17)4-9(14)11(18)19/h1-3,5,9H,4,14H2,(H,18,19). The molecule has 0 spiro atoms. The van der Waals surface area contributed by atoms with Gasteiger partial charge in [0.05, 0.1) is 17.6 Å². The molecule has 2 aromatic rings. The lowest BCUT2D eigenvalue weighted by Crippen LogP contribution is -2.32. The second-order valence-corrected chi connectivity index (χ2v) is 5.19. The minimum atomic E-state index is -1.07. The summed E-state index contributed by atoms with van der Waals surface area (Å²) < 4.78 is 2.30. The van der Waals surface area contributed by atoms with Crippen LogP contribution in [-0.2, 0) is 11.2 Å². The summed E-state index contributed by atoms with van der Waals surface area (Å²) in [5.74, 6) is -1.07. The van der Waals surface area contributed by atoms with Crippen molar-refractivity contribution in [1.82, 2.24) is 15.0 Å². The van der Waals surface area contributed by atoms with Gasteiger partial charge in [-0.1, -0.05) is 16.8 Å². The largest absolute Gasteiger partial charge is 0.480 e. The van der Waals surface area contributed by atoms with Crippen molar-refractivity contribution < 1.29 is 9.90 Å². The van der Waals surface area contributed by atoms with E-state index in [2.05, 4.69) is 26.2 Å². The molecule has 0 fully saturated rings. The number of aliphatic carboxylic acids is 1. The average molecular weight is 346 g/mol. The molecule has 0 bridgehead atoms. The van der Waals surface area contributed by atoms with Gasteiger partial charge in [-0.25, -0.2) is 4.68 Å². The molecule has 0 aliphatic rings. The smallest absolute Gasteiger partial charge is 0.320 e. The number of carbonyl (C=O) groups is 1. The summed E-state index contributed by atoms with van der Waals surface area (Å²) in [4.78, 5) is 10.7. The predicted octanol–water partition coefficient (Wildman–Crippen LogP) is 1.64. The lowest BCUT2D eigenvalue weighted by molar-refractivity contribution is -0.138. The molecule has 1 heterocycles. The number of rotatable bonds is 4. The van der Waals surface area contributed by atoms with Gasteiger partial charge in [-0.3, -0.25) is 4.79 Å². The van der Waals surface area contributed by atoms with Gasteiger partial charge >= 0.3 is 5.97 Å². The molecule has 8 heteroatoms. The Labute approximate surface area is 122 Å². The van der Waals surface area contributed by atoms with Gasteiger partial charge in [0.1, 0.15) is 6.04 Å². The highest BCUT2D eigenvalue weighted by atomic mass is 79.9. The van der Waals surface area contributed by atoms with Crippen LogP contribution in [0.3, 0.4) is 0 Å². The Morgan fingerprint density at radius 1 is 1.58 bits per heavy atom. The number of nitrogens with zero attached hydrogens (tertiary/aromatic N) is 3. The third kappa shape index (κ3) is 3.31. The van der Waals surface area contributed by atoms with Crippen LogP contribution in [0.2, 0.25) is 5.02 Å². The molecular weight excluding hydrogens is 336 g/mol. The zero-order chi connectivity index (χ0) is 14.0. The molecule has 1 unspecified atom stereocenters. The van der Waals surface area contributed by atoms with Gasteiger partial charge in [-0.05, 0) is 34.1 Å². The zero-order valence-corrected chi connectivity index (χ0v) is 12.0. The van der Waals surface area contributed by atoms with Crippen LogP contribution in [0.5, 0.6) is 0 Å². The molecule has 1 atom stereocenters. The Morgan fingerprint density at radius 3 is 2.95 bits per heavy atom. The van der Waals surface area contributed by atoms with Gasteiger partial charge in [0.2, 0.25) is 0 Å². The first-order valence-electron chi connectivity index (χ1n) is 5.32. The van der Waals surface area contributed by atoms with Crippen LogP contribution in [0.1, 0.15) is 5.69 Å². The molecule has 0 saturated heterocycles. The van der Waals surface area contributed by atoms with Crippen molar-refractivity contribution in [3.63, 3.8) is 0 Å². The number of halogens is 2. The molecule has 0 saturated carbocycles. The maximum atomic E-state index is 10.7. The van der Waals surface area contributed by atoms with E-state index in [1.807, 2.05) is 0 Å². The minimum Gasteiger partial charge on any atom is -0.480 e. The maximum absolute atomic E-state index is 10.7. The van der Waals surface area contributed by atoms with Crippen LogP contribution in [0.25, 0.3) is 5.69 Å². The van der Waals surface area contributed by atoms with E-state index in [-0.39, 0.29) is 6.42 Å². The third-order valence-electron chi connectivity index (χ3n) is 2.44. The molecule has 6 nitrogen and oxygen atoms in total. The summed E-state index contributed by atoms with van der Waals surface area (Å²) in [6.07, 6.45) is 1.76. The van der Waals surface area contributed by atoms with Crippen molar-refractivity contribution in [2.75, 3.05) is 0 Å². The van der Waals surface area contributed by atoms with E-state index in [0.717, 1.165) is 10.2 Å². The number of nitrogens with two attached hydrogens (primary N) is 1. The monoisotopic (exact) mass is 344 g/mol. The number of carboxylic acid groups (broad SMARTS) is 1. The molecule has 0 amide bonds. The van der Waals surface area contributed by atoms with E-state index in [1.165, 1.54) is 4.68 Å². The van der Waals surface area contributed by atoms with E-state index in [1.54, 1.807) is 24.4 Å². The Bertz CT molecular complexity index is 616. The number of hydrogen-bond donors (Lipinski definition) is 2. The average Bonchev–Trinajstić information content (AvgIpc) is 2.77. The number of hydrogen-bond acceptors (Lipinski definition) is 4. The summed E-state index contributed by atoms with van der Waals surface area (Å²) in [5, 5.41) is 17.2. The van der Waals surface area contributed by atoms with Gasteiger partial charge in [0.15, 0.2) is 0 Å². The molecule has 0 aliphatic heterocycles. The molecular formula is C11H10BrClN4O2. The Kier molecular flexibility index (Phi) is 4.18. The highest BCUT2D eigenvalue weighted by Gasteiger charge is 2.15. The van der Waals surface area contributed by atoms with Gasteiger partial charge in [0.25, 0.3) is 0 Å². The van der Waals surface area contributed by atoms with Gasteiger partial charge in [0, 0.05) is 15.9 Å². The molecule has 0 aliphatic carbocycles. The Balaban J connectivity index is 2.23. The van der Waals surface area contributed by atoms with E-state index in [0.29, 0.717) is 10.7 Å². The van der Waals surface area contributed by atoms with Crippen LogP contribution < -0.4 is 5.73 Å². The second-order valence-electron chi connectivity index (χ2n) is 3.90. The van der Waals surface area contributed by atoms with Crippen molar-refractivity contribution in [1.29, 1.82) is 0 Å². The van der Waals surface area contributed by atoms with Gasteiger partial charge in [-0.15, -0.1) is 5.10 Å². The second kappa shape index (κ2) is 5.68. The van der Waals surface area contributed by atoms with Gasteiger partial charge < -0.3 is 10.8 Å². The molecule has 2 rings (SSSR count). The summed E-state index contributed by atoms with van der Waals surface area (Å²) in [6.45, 7) is 0. The van der Waals surface area contributed by atoms with Gasteiger partial charge in [-0.2, -0.15) is 0 Å². The molecule has 19 heavy (non-hydrogen) atoms. The fraction of sp³-hybridized carbons (Fsp3) is 0.182. The van der Waals surface area contributed by atoms with Crippen molar-refractivity contribution >= 4 is 33.5 Å². The fourth-order valence-electron chi connectivity index (χ4n) is 1.49. The van der Waals surface area contributed by atoms with Crippen LogP contribution >= 0.6 is 27.5 Å². The SMILES string of the molecule is NC(Cc1cn(-c2ccc(Cl)cc2Br)nn1)C(=O)O. The Morgan fingerprint density at radius 2 is 2.32 bits per heavy atom. The van der Waals surface area contributed by atoms with E-state index in [9.17, 15) is 4.79 Å². The van der Waals surface area contributed by atoms with Crippen LogP contribution in [0, 0.1) is 0 Å². The first-order valence-corrected chi connectivity index (χ1v) is 6.49. The van der Waals surface area contributed by atoms with Crippen LogP contribution in [-0.4, -0.2) is 32.1 Å². The lowest BCUT2D eigenvalue weighted by Gasteiger charge is -2.04. The molecule has 0 radical (unpaired) electrons. The molecule has 1 aromatic carbocycles. The first-order chi connectivity index (χ1) is 8.97. The van der Waals surface area contributed by atoms with Crippen molar-refractivity contribution in [2.45, 2.75) is 12.5 Å². The highest BCUT2D eigenvalue weighted by molar-refractivity contribution is 9.10. The molecule has 100 valence electrons. The van der Waals surface area contributed by atoms with Crippen molar-refractivity contribution in [3.05, 3.63) is 39.6 Å². The molecule has 1 aromatic heterocycles. The number of carboxylic acids is 1. The first kappa shape index (κ1) is 14.0. The third-order valence-corrected chi connectivity index (χ3v) is 3.31. The summed E-state index contributed by atoms with van der Waals surface area (Å²) >= 11 is 9.23. The van der Waals surface area contributed by atoms with Crippen LogP contribution in [0.15, 0.2) is 28.9 Å². The van der Waals surface area contributed by atoms with E-state index >= 15 is 0 Å². The fourth-order valence-corrected chi connectivity index (χ4v) is 2.35. The Hall–Kier alpha value is -1.44. The number of benzene rings is 1. The minimum absolute atomic E-state index is 0.126.